The van der Waals surface area contributed by atoms with Crippen LogP contribution >= 0.6 is 0 Å². The van der Waals surface area contributed by atoms with Gasteiger partial charge in [0.2, 0.25) is 0 Å². The number of esters is 1. The van der Waals surface area contributed by atoms with E-state index in [-0.39, 0.29) is 12.3 Å². The first-order chi connectivity index (χ1) is 8.97. The molecule has 0 aliphatic carbocycles. The normalized spacial score (nSPS) is 13.6. The van der Waals surface area contributed by atoms with E-state index in [2.05, 4.69) is 9.72 Å². The molecule has 0 aliphatic heterocycles. The predicted octanol–water partition coefficient (Wildman–Crippen LogP) is 0.337. The van der Waals surface area contributed by atoms with Crippen LogP contribution in [0.1, 0.15) is 25.1 Å². The molecule has 0 fully saturated rings. The first-order valence-electron chi connectivity index (χ1n) is 5.58. The third-order valence-corrected chi connectivity index (χ3v) is 2.34. The minimum Gasteiger partial charge on any atom is -0.466 e. The van der Waals surface area contributed by atoms with Crippen LogP contribution in [0.5, 0.6) is 0 Å². The molecule has 1 aromatic heterocycles. The topological polar surface area (TPSA) is 123 Å². The van der Waals surface area contributed by atoms with Gasteiger partial charge in [-0.25, -0.2) is 0 Å². The molecule has 1 heterocycles. The highest BCUT2D eigenvalue weighted by molar-refractivity contribution is 5.70. The summed E-state index contributed by atoms with van der Waals surface area (Å²) < 4.78 is 4.61. The Morgan fingerprint density at radius 2 is 2.26 bits per heavy atom. The quantitative estimate of drug-likeness (QED) is 0.434. The van der Waals surface area contributed by atoms with Crippen LogP contribution < -0.4 is 0 Å². The summed E-state index contributed by atoms with van der Waals surface area (Å²) in [6, 6.07) is 2.49. The molecule has 0 saturated heterocycles. The number of nitro groups is 1. The van der Waals surface area contributed by atoms with Gasteiger partial charge in [0.25, 0.3) is 5.69 Å². The lowest BCUT2D eigenvalue weighted by atomic mass is 10.1. The van der Waals surface area contributed by atoms with Crippen LogP contribution in [0.25, 0.3) is 0 Å². The fraction of sp³-hybridized carbons (Fsp3) is 0.455. The van der Waals surface area contributed by atoms with E-state index in [1.165, 1.54) is 12.3 Å². The van der Waals surface area contributed by atoms with Gasteiger partial charge in [-0.1, -0.05) is 0 Å². The zero-order valence-corrected chi connectivity index (χ0v) is 10.2. The number of aliphatic hydroxyl groups excluding tert-OH is 2. The molecular weight excluding hydrogens is 256 g/mol. The van der Waals surface area contributed by atoms with Crippen LogP contribution in [0.2, 0.25) is 0 Å². The van der Waals surface area contributed by atoms with E-state index in [1.807, 2.05) is 0 Å². The summed E-state index contributed by atoms with van der Waals surface area (Å²) in [4.78, 5) is 24.9. The van der Waals surface area contributed by atoms with Gasteiger partial charge in [-0.3, -0.25) is 19.9 Å². The molecule has 19 heavy (non-hydrogen) atoms. The number of aromatic nitrogens is 1. The fourth-order valence-corrected chi connectivity index (χ4v) is 1.48. The van der Waals surface area contributed by atoms with E-state index in [0.29, 0.717) is 0 Å². The molecule has 0 bridgehead atoms. The van der Waals surface area contributed by atoms with Crippen molar-refractivity contribution in [2.24, 2.45) is 0 Å². The van der Waals surface area contributed by atoms with E-state index in [9.17, 15) is 25.1 Å². The second-order valence-electron chi connectivity index (χ2n) is 3.69. The maximum absolute atomic E-state index is 11.2. The van der Waals surface area contributed by atoms with E-state index < -0.39 is 35.2 Å². The van der Waals surface area contributed by atoms with E-state index in [1.54, 1.807) is 6.92 Å². The number of rotatable bonds is 6. The van der Waals surface area contributed by atoms with E-state index in [0.717, 1.165) is 6.07 Å². The lowest BCUT2D eigenvalue weighted by molar-refractivity contribution is -0.386. The van der Waals surface area contributed by atoms with Crippen LogP contribution in [-0.2, 0) is 9.53 Å². The second-order valence-corrected chi connectivity index (χ2v) is 3.69. The summed E-state index contributed by atoms with van der Waals surface area (Å²) in [5.74, 6) is -0.701. The fourth-order valence-electron chi connectivity index (χ4n) is 1.48. The minimum absolute atomic E-state index is 0.144. The molecule has 104 valence electrons. The average molecular weight is 270 g/mol. The predicted molar refractivity (Wildman–Crippen MR) is 63.1 cm³/mol. The Kier molecular flexibility index (Phi) is 5.34. The summed E-state index contributed by atoms with van der Waals surface area (Å²) in [6.45, 7) is 1.75. The summed E-state index contributed by atoms with van der Waals surface area (Å²) in [5, 5.41) is 30.2. The Hall–Kier alpha value is -2.06. The number of hydrogen-bond acceptors (Lipinski definition) is 7. The number of hydrogen-bond donors (Lipinski definition) is 2. The van der Waals surface area contributed by atoms with Crippen LogP contribution in [0, 0.1) is 10.1 Å². The van der Waals surface area contributed by atoms with Gasteiger partial charge in [-0.05, 0) is 13.0 Å². The van der Waals surface area contributed by atoms with Gasteiger partial charge in [-0.15, -0.1) is 0 Å². The van der Waals surface area contributed by atoms with Crippen molar-refractivity contribution in [3.05, 3.63) is 34.1 Å². The maximum atomic E-state index is 11.2. The number of aliphatic hydroxyl groups is 2. The van der Waals surface area contributed by atoms with E-state index >= 15 is 0 Å². The zero-order valence-electron chi connectivity index (χ0n) is 10.2. The Morgan fingerprint density at radius 1 is 1.58 bits per heavy atom. The Morgan fingerprint density at radius 3 is 2.84 bits per heavy atom. The summed E-state index contributed by atoms with van der Waals surface area (Å²) >= 11 is 0. The smallest absolute Gasteiger partial charge is 0.308 e. The molecule has 1 rings (SSSR count). The third kappa shape index (κ3) is 3.97. The number of pyridine rings is 1. The van der Waals surface area contributed by atoms with Gasteiger partial charge >= 0.3 is 5.97 Å². The molecule has 8 heteroatoms. The van der Waals surface area contributed by atoms with Crippen LogP contribution in [-0.4, -0.2) is 38.8 Å². The zero-order chi connectivity index (χ0) is 14.4. The summed E-state index contributed by atoms with van der Waals surface area (Å²) in [7, 11) is 0. The molecule has 0 amide bonds. The monoisotopic (exact) mass is 270 g/mol. The van der Waals surface area contributed by atoms with Gasteiger partial charge in [0.15, 0.2) is 0 Å². The van der Waals surface area contributed by atoms with Crippen molar-refractivity contribution in [1.29, 1.82) is 0 Å². The SMILES string of the molecule is CCOC(=O)CC(O)C(O)c1ncccc1[N+](=O)[O-]. The van der Waals surface area contributed by atoms with Crippen molar-refractivity contribution in [3.8, 4) is 0 Å². The highest BCUT2D eigenvalue weighted by Crippen LogP contribution is 2.25. The van der Waals surface area contributed by atoms with Crippen molar-refractivity contribution >= 4 is 11.7 Å². The summed E-state index contributed by atoms with van der Waals surface area (Å²) in [5.41, 5.74) is -0.706. The second kappa shape index (κ2) is 6.76. The van der Waals surface area contributed by atoms with Crippen LogP contribution in [0.3, 0.4) is 0 Å². The maximum Gasteiger partial charge on any atom is 0.308 e. The lowest BCUT2D eigenvalue weighted by Gasteiger charge is -2.16. The lowest BCUT2D eigenvalue weighted by Crippen LogP contribution is -2.24. The van der Waals surface area contributed by atoms with Gasteiger partial charge in [0.05, 0.1) is 24.1 Å². The molecule has 2 unspecified atom stereocenters. The number of nitrogens with zero attached hydrogens (tertiary/aromatic N) is 2. The molecular formula is C11H14N2O6. The molecule has 0 aromatic carbocycles. The van der Waals surface area contributed by atoms with E-state index in [4.69, 9.17) is 0 Å². The standard InChI is InChI=1S/C11H14N2O6/c1-2-19-9(15)6-8(14)11(16)10-7(13(17)18)4-3-5-12-10/h3-5,8,11,14,16H,2,6H2,1H3. The van der Waals surface area contributed by atoms with Crippen molar-refractivity contribution in [2.75, 3.05) is 6.61 Å². The Labute approximate surface area is 108 Å². The molecule has 1 aromatic rings. The van der Waals surface area contributed by atoms with Crippen molar-refractivity contribution < 1.29 is 24.7 Å². The highest BCUT2D eigenvalue weighted by Gasteiger charge is 2.29. The van der Waals surface area contributed by atoms with Crippen LogP contribution in [0.15, 0.2) is 18.3 Å². The molecule has 2 atom stereocenters. The van der Waals surface area contributed by atoms with Gasteiger partial charge < -0.3 is 14.9 Å². The average Bonchev–Trinajstić information content (AvgIpc) is 2.37. The molecule has 8 nitrogen and oxygen atoms in total. The number of carbonyl (C=O) groups is 1. The first-order valence-corrected chi connectivity index (χ1v) is 5.58. The summed E-state index contributed by atoms with van der Waals surface area (Å²) in [6.07, 6.45) is -2.37. The van der Waals surface area contributed by atoms with Crippen molar-refractivity contribution in [3.63, 3.8) is 0 Å². The van der Waals surface area contributed by atoms with Gasteiger partial charge in [-0.2, -0.15) is 0 Å². The van der Waals surface area contributed by atoms with Crippen molar-refractivity contribution in [1.82, 2.24) is 4.98 Å². The molecule has 0 radical (unpaired) electrons. The molecule has 2 N–H and O–H groups in total. The largest absolute Gasteiger partial charge is 0.466 e. The third-order valence-electron chi connectivity index (χ3n) is 2.34. The van der Waals surface area contributed by atoms with Gasteiger partial charge in [0.1, 0.15) is 11.8 Å². The first kappa shape index (κ1) is 15.0. The Balaban J connectivity index is 2.85. The molecule has 0 aliphatic rings. The van der Waals surface area contributed by atoms with Gasteiger partial charge in [0, 0.05) is 12.3 Å². The van der Waals surface area contributed by atoms with Crippen molar-refractivity contribution in [2.45, 2.75) is 25.6 Å². The number of ether oxygens (including phenoxy) is 1. The Bertz CT molecular complexity index is 464. The minimum atomic E-state index is -1.63. The highest BCUT2D eigenvalue weighted by atomic mass is 16.6. The molecule has 0 saturated carbocycles. The molecule has 0 spiro atoms. The van der Waals surface area contributed by atoms with Crippen LogP contribution in [0.4, 0.5) is 5.69 Å². The number of carbonyl (C=O) groups excluding carboxylic acids is 1.